The highest BCUT2D eigenvalue weighted by Crippen LogP contribution is 2.39. The van der Waals surface area contributed by atoms with E-state index in [1.807, 2.05) is 27.7 Å². The number of likely N-dealkylation sites (tertiary alicyclic amines) is 1. The number of rotatable bonds is 1. The molecule has 1 saturated heterocycles. The monoisotopic (exact) mass is 267 g/mol. The van der Waals surface area contributed by atoms with Gasteiger partial charge in [0.05, 0.1) is 5.54 Å². The van der Waals surface area contributed by atoms with Crippen LogP contribution in [-0.2, 0) is 10.3 Å². The van der Waals surface area contributed by atoms with Gasteiger partial charge in [0.15, 0.2) is 0 Å². The number of carbonyl (C=O) groups excluding carboxylic acids is 1. The molecule has 1 amide bonds. The molecule has 0 spiro atoms. The Morgan fingerprint density at radius 1 is 1.58 bits per heavy atom. The third kappa shape index (κ3) is 2.67. The number of nitrogen functional groups attached to an aromatic ring is 1. The van der Waals surface area contributed by atoms with Crippen LogP contribution in [-0.4, -0.2) is 28.3 Å². The second-order valence-corrected chi connectivity index (χ2v) is 6.12. The van der Waals surface area contributed by atoms with Crippen LogP contribution >= 0.6 is 0 Å². The van der Waals surface area contributed by atoms with E-state index in [1.165, 1.54) is 0 Å². The zero-order valence-corrected chi connectivity index (χ0v) is 11.9. The number of hydrogen-bond donors (Lipinski definition) is 1. The molecule has 1 aliphatic heterocycles. The third-order valence-corrected chi connectivity index (χ3v) is 3.34. The van der Waals surface area contributed by atoms with Gasteiger partial charge in [-0.25, -0.2) is 4.79 Å². The van der Waals surface area contributed by atoms with Crippen LogP contribution in [0.3, 0.4) is 0 Å². The first-order chi connectivity index (χ1) is 8.72. The van der Waals surface area contributed by atoms with Gasteiger partial charge < -0.3 is 15.0 Å². The standard InChI is InChI=1S/C13H21N3O3/c1-12(2,3)18-11(17)16-7-5-6-13(16,4)9-8-10(14)19-15-9/h8H,5-7,14H2,1-4H3. The smallest absolute Gasteiger partial charge is 0.411 e. The topological polar surface area (TPSA) is 81.6 Å². The van der Waals surface area contributed by atoms with E-state index in [1.54, 1.807) is 11.0 Å². The number of ether oxygens (including phenoxy) is 1. The first-order valence-electron chi connectivity index (χ1n) is 6.46. The summed E-state index contributed by atoms with van der Waals surface area (Å²) in [5, 5.41) is 3.95. The van der Waals surface area contributed by atoms with Crippen molar-refractivity contribution in [1.82, 2.24) is 10.1 Å². The molecule has 2 heterocycles. The fourth-order valence-corrected chi connectivity index (χ4v) is 2.38. The fraction of sp³-hybridized carbons (Fsp3) is 0.692. The molecule has 0 bridgehead atoms. The van der Waals surface area contributed by atoms with Gasteiger partial charge in [0.1, 0.15) is 11.3 Å². The molecule has 1 aromatic heterocycles. The highest BCUT2D eigenvalue weighted by molar-refractivity contribution is 5.70. The lowest BCUT2D eigenvalue weighted by Gasteiger charge is -2.34. The van der Waals surface area contributed by atoms with Crippen molar-refractivity contribution in [2.24, 2.45) is 0 Å². The number of carbonyl (C=O) groups is 1. The lowest BCUT2D eigenvalue weighted by molar-refractivity contribution is 0.00886. The normalized spacial score (nSPS) is 23.7. The Balaban J connectivity index is 2.23. The van der Waals surface area contributed by atoms with Gasteiger partial charge in [-0.15, -0.1) is 0 Å². The van der Waals surface area contributed by atoms with Crippen LogP contribution in [0, 0.1) is 0 Å². The molecular formula is C13H21N3O3. The summed E-state index contributed by atoms with van der Waals surface area (Å²) in [6, 6.07) is 1.67. The van der Waals surface area contributed by atoms with Gasteiger partial charge >= 0.3 is 6.09 Å². The molecule has 1 aliphatic rings. The van der Waals surface area contributed by atoms with Gasteiger partial charge in [0.2, 0.25) is 5.88 Å². The van der Waals surface area contributed by atoms with E-state index < -0.39 is 11.1 Å². The summed E-state index contributed by atoms with van der Waals surface area (Å²) in [5.74, 6) is 0.257. The summed E-state index contributed by atoms with van der Waals surface area (Å²) in [6.45, 7) is 8.17. The minimum absolute atomic E-state index is 0.257. The Labute approximate surface area is 112 Å². The maximum absolute atomic E-state index is 12.3. The summed E-state index contributed by atoms with van der Waals surface area (Å²) in [7, 11) is 0. The Kier molecular flexibility index (Phi) is 3.20. The number of aromatic nitrogens is 1. The van der Waals surface area contributed by atoms with Gasteiger partial charge in [-0.1, -0.05) is 5.16 Å². The largest absolute Gasteiger partial charge is 0.444 e. The van der Waals surface area contributed by atoms with Gasteiger partial charge in [-0.3, -0.25) is 4.90 Å². The highest BCUT2D eigenvalue weighted by Gasteiger charge is 2.45. The number of nitrogens with two attached hydrogens (primary N) is 1. The molecule has 1 atom stereocenters. The maximum atomic E-state index is 12.3. The molecule has 19 heavy (non-hydrogen) atoms. The van der Waals surface area contributed by atoms with Gasteiger partial charge in [-0.05, 0) is 40.5 Å². The summed E-state index contributed by atoms with van der Waals surface area (Å²) in [5.41, 5.74) is 5.22. The lowest BCUT2D eigenvalue weighted by atomic mass is 9.95. The van der Waals surface area contributed by atoms with E-state index in [0.29, 0.717) is 12.2 Å². The molecule has 2 rings (SSSR count). The summed E-state index contributed by atoms with van der Waals surface area (Å²) < 4.78 is 10.4. The van der Waals surface area contributed by atoms with E-state index >= 15 is 0 Å². The van der Waals surface area contributed by atoms with E-state index in [0.717, 1.165) is 12.8 Å². The molecule has 1 aromatic rings. The molecule has 1 unspecified atom stereocenters. The van der Waals surface area contributed by atoms with E-state index in [9.17, 15) is 4.79 Å². The number of hydrogen-bond acceptors (Lipinski definition) is 5. The third-order valence-electron chi connectivity index (χ3n) is 3.34. The predicted molar refractivity (Wildman–Crippen MR) is 70.4 cm³/mol. The van der Waals surface area contributed by atoms with Crippen LogP contribution in [0.15, 0.2) is 10.6 Å². The molecule has 6 heteroatoms. The van der Waals surface area contributed by atoms with Crippen LogP contribution in [0.5, 0.6) is 0 Å². The Hall–Kier alpha value is -1.72. The Morgan fingerprint density at radius 2 is 2.26 bits per heavy atom. The molecule has 106 valence electrons. The van der Waals surface area contributed by atoms with Crippen molar-refractivity contribution in [2.45, 2.75) is 51.7 Å². The lowest BCUT2D eigenvalue weighted by Crippen LogP contribution is -2.45. The molecule has 6 nitrogen and oxygen atoms in total. The first-order valence-corrected chi connectivity index (χ1v) is 6.46. The van der Waals surface area contributed by atoms with Crippen molar-refractivity contribution in [2.75, 3.05) is 12.3 Å². The zero-order valence-electron chi connectivity index (χ0n) is 11.9. The summed E-state index contributed by atoms with van der Waals surface area (Å²) >= 11 is 0. The van der Waals surface area contributed by atoms with Gasteiger partial charge in [0, 0.05) is 12.6 Å². The number of nitrogens with zero attached hydrogens (tertiary/aromatic N) is 2. The Morgan fingerprint density at radius 3 is 2.79 bits per heavy atom. The molecular weight excluding hydrogens is 246 g/mol. The Bertz CT molecular complexity index is 478. The van der Waals surface area contributed by atoms with Crippen molar-refractivity contribution >= 4 is 12.0 Å². The highest BCUT2D eigenvalue weighted by atomic mass is 16.6. The SMILES string of the molecule is CC(C)(C)OC(=O)N1CCCC1(C)c1cc(N)on1. The van der Waals surface area contributed by atoms with Crippen LogP contribution < -0.4 is 5.73 Å². The van der Waals surface area contributed by atoms with E-state index in [4.69, 9.17) is 15.0 Å². The van der Waals surface area contributed by atoms with Crippen molar-refractivity contribution in [3.8, 4) is 0 Å². The second-order valence-electron chi connectivity index (χ2n) is 6.12. The summed E-state index contributed by atoms with van der Waals surface area (Å²) in [4.78, 5) is 14.0. The molecule has 0 aliphatic carbocycles. The summed E-state index contributed by atoms with van der Waals surface area (Å²) in [6.07, 6.45) is 1.40. The zero-order chi connectivity index (χ0) is 14.3. The maximum Gasteiger partial charge on any atom is 0.411 e. The fourth-order valence-electron chi connectivity index (χ4n) is 2.38. The molecule has 0 saturated carbocycles. The molecule has 2 N–H and O–H groups in total. The van der Waals surface area contributed by atoms with Crippen LogP contribution in [0.2, 0.25) is 0 Å². The van der Waals surface area contributed by atoms with Crippen molar-refractivity contribution in [3.05, 3.63) is 11.8 Å². The average molecular weight is 267 g/mol. The van der Waals surface area contributed by atoms with Crippen molar-refractivity contribution in [3.63, 3.8) is 0 Å². The van der Waals surface area contributed by atoms with Crippen LogP contribution in [0.4, 0.5) is 10.7 Å². The second kappa shape index (κ2) is 4.43. The molecule has 0 aromatic carbocycles. The van der Waals surface area contributed by atoms with Crippen molar-refractivity contribution in [1.29, 1.82) is 0 Å². The molecule has 1 fully saturated rings. The number of amides is 1. The first kappa shape index (κ1) is 13.7. The van der Waals surface area contributed by atoms with E-state index in [2.05, 4.69) is 5.16 Å². The van der Waals surface area contributed by atoms with Gasteiger partial charge in [0.25, 0.3) is 0 Å². The minimum Gasteiger partial charge on any atom is -0.444 e. The average Bonchev–Trinajstić information content (AvgIpc) is 2.83. The minimum atomic E-state index is -0.510. The number of anilines is 1. The van der Waals surface area contributed by atoms with E-state index in [-0.39, 0.29) is 12.0 Å². The predicted octanol–water partition coefficient (Wildman–Crippen LogP) is 2.50. The molecule has 0 radical (unpaired) electrons. The van der Waals surface area contributed by atoms with Crippen molar-refractivity contribution < 1.29 is 14.1 Å². The van der Waals surface area contributed by atoms with Gasteiger partial charge in [-0.2, -0.15) is 0 Å². The van der Waals surface area contributed by atoms with Crippen LogP contribution in [0.1, 0.15) is 46.2 Å². The quantitative estimate of drug-likeness (QED) is 0.845. The van der Waals surface area contributed by atoms with Crippen LogP contribution in [0.25, 0.3) is 0 Å².